The molecule has 0 atom stereocenters. The summed E-state index contributed by atoms with van der Waals surface area (Å²) in [6.45, 7) is 4.19. The van der Waals surface area contributed by atoms with E-state index in [2.05, 4.69) is 5.32 Å². The molecule has 0 spiro atoms. The van der Waals surface area contributed by atoms with E-state index in [1.54, 1.807) is 0 Å². The molecule has 7 nitrogen and oxygen atoms in total. The summed E-state index contributed by atoms with van der Waals surface area (Å²) in [6.07, 6.45) is 0. The predicted octanol–water partition coefficient (Wildman–Crippen LogP) is -0.808. The number of quaternary nitrogens is 1. The molecule has 1 saturated heterocycles. The molecule has 1 aromatic carbocycles. The number of non-ortho nitro benzene ring substituents is 1. The molecular weight excluding hydrogens is 276 g/mol. The second-order valence-corrected chi connectivity index (χ2v) is 4.09. The standard InChI is InChI=1S/C7H4ClNO4.C4H9NO/c8-6-3-4(9(12)13)1-2-5(6)7(10)11;1-3-6-4-2-5-1/h1-3H,(H,10,11);5H,1-4H2. The van der Waals surface area contributed by atoms with Gasteiger partial charge in [0.05, 0.1) is 42.2 Å². The summed E-state index contributed by atoms with van der Waals surface area (Å²) in [5.74, 6) is -1.46. The van der Waals surface area contributed by atoms with Crippen LogP contribution in [0.5, 0.6) is 0 Å². The quantitative estimate of drug-likeness (QED) is 0.565. The largest absolute Gasteiger partial charge is 0.545 e. The van der Waals surface area contributed by atoms with Crippen LogP contribution in [-0.4, -0.2) is 37.2 Å². The van der Waals surface area contributed by atoms with Crippen LogP contribution in [0.1, 0.15) is 10.4 Å². The summed E-state index contributed by atoms with van der Waals surface area (Å²) in [7, 11) is 0. The summed E-state index contributed by atoms with van der Waals surface area (Å²) < 4.78 is 5.04. The highest BCUT2D eigenvalue weighted by atomic mass is 35.5. The molecule has 1 fully saturated rings. The zero-order chi connectivity index (χ0) is 14.3. The fraction of sp³-hybridized carbons (Fsp3) is 0.364. The molecule has 19 heavy (non-hydrogen) atoms. The molecule has 0 unspecified atom stereocenters. The first-order valence-electron chi connectivity index (χ1n) is 5.57. The van der Waals surface area contributed by atoms with Crippen molar-refractivity contribution < 1.29 is 24.9 Å². The molecule has 2 rings (SSSR count). The van der Waals surface area contributed by atoms with Crippen molar-refractivity contribution in [2.24, 2.45) is 0 Å². The first kappa shape index (κ1) is 15.4. The van der Waals surface area contributed by atoms with E-state index in [-0.39, 0.29) is 16.3 Å². The van der Waals surface area contributed by atoms with Crippen molar-refractivity contribution in [3.8, 4) is 0 Å². The Labute approximate surface area is 114 Å². The number of carbonyl (C=O) groups is 1. The summed E-state index contributed by atoms with van der Waals surface area (Å²) >= 11 is 5.44. The average molecular weight is 289 g/mol. The van der Waals surface area contributed by atoms with Crippen molar-refractivity contribution in [1.29, 1.82) is 0 Å². The Bertz CT molecular complexity index is 451. The molecule has 0 aliphatic carbocycles. The minimum Gasteiger partial charge on any atom is -0.545 e. The van der Waals surface area contributed by atoms with E-state index in [4.69, 9.17) is 16.3 Å². The molecule has 104 valence electrons. The molecule has 0 saturated carbocycles. The number of hydrogen-bond acceptors (Lipinski definition) is 5. The van der Waals surface area contributed by atoms with Gasteiger partial charge in [0.25, 0.3) is 5.69 Å². The number of carbonyl (C=O) groups excluding carboxylic acids is 1. The second kappa shape index (κ2) is 7.67. The lowest BCUT2D eigenvalue weighted by Crippen LogP contribution is -2.87. The molecule has 1 aromatic rings. The maximum absolute atomic E-state index is 10.3. The molecule has 0 radical (unpaired) electrons. The highest BCUT2D eigenvalue weighted by Crippen LogP contribution is 2.21. The van der Waals surface area contributed by atoms with Gasteiger partial charge in [0.15, 0.2) is 0 Å². The first-order valence-corrected chi connectivity index (χ1v) is 5.95. The van der Waals surface area contributed by atoms with Gasteiger partial charge >= 0.3 is 0 Å². The van der Waals surface area contributed by atoms with Gasteiger partial charge < -0.3 is 20.0 Å². The van der Waals surface area contributed by atoms with Gasteiger partial charge in [0.1, 0.15) is 0 Å². The molecule has 0 amide bonds. The number of carboxylic acid groups (broad SMARTS) is 1. The molecule has 0 bridgehead atoms. The summed E-state index contributed by atoms with van der Waals surface area (Å²) in [4.78, 5) is 19.9. The monoisotopic (exact) mass is 288 g/mol. The maximum Gasteiger partial charge on any atom is 0.270 e. The fourth-order valence-corrected chi connectivity index (χ4v) is 1.61. The summed E-state index contributed by atoms with van der Waals surface area (Å²) in [5.41, 5.74) is -0.512. The minimum absolute atomic E-state index is 0.200. The van der Waals surface area contributed by atoms with Crippen molar-refractivity contribution in [2.45, 2.75) is 0 Å². The van der Waals surface area contributed by atoms with Crippen LogP contribution in [0.2, 0.25) is 5.02 Å². The van der Waals surface area contributed by atoms with Crippen molar-refractivity contribution in [2.75, 3.05) is 26.3 Å². The number of morpholine rings is 1. The zero-order valence-electron chi connectivity index (χ0n) is 10.0. The summed E-state index contributed by atoms with van der Waals surface area (Å²) in [5, 5.41) is 22.6. The Morgan fingerprint density at radius 3 is 2.32 bits per heavy atom. The van der Waals surface area contributed by atoms with E-state index in [1.807, 2.05) is 0 Å². The molecule has 2 N–H and O–H groups in total. The Hall–Kier alpha value is -1.70. The minimum atomic E-state index is -1.46. The van der Waals surface area contributed by atoms with E-state index >= 15 is 0 Å². The number of nitro groups is 1. The van der Waals surface area contributed by atoms with Crippen molar-refractivity contribution in [3.63, 3.8) is 0 Å². The van der Waals surface area contributed by atoms with Crippen LogP contribution in [0, 0.1) is 10.1 Å². The number of ether oxygens (including phenoxy) is 1. The third kappa shape index (κ3) is 5.21. The van der Waals surface area contributed by atoms with Crippen LogP contribution >= 0.6 is 11.6 Å². The topological polar surface area (TPSA) is 109 Å². The van der Waals surface area contributed by atoms with Crippen LogP contribution < -0.4 is 10.4 Å². The fourth-order valence-electron chi connectivity index (χ4n) is 1.36. The number of nitro benzene ring substituents is 1. The Kier molecular flexibility index (Phi) is 6.20. The highest BCUT2D eigenvalue weighted by molar-refractivity contribution is 6.33. The van der Waals surface area contributed by atoms with Crippen LogP contribution in [-0.2, 0) is 4.74 Å². The van der Waals surface area contributed by atoms with E-state index in [0.717, 1.165) is 44.5 Å². The van der Waals surface area contributed by atoms with E-state index < -0.39 is 10.9 Å². The molecule has 1 aliphatic heterocycles. The molecule has 1 aliphatic rings. The van der Waals surface area contributed by atoms with Gasteiger partial charge in [0.2, 0.25) is 0 Å². The first-order chi connectivity index (χ1) is 9.02. The third-order valence-electron chi connectivity index (χ3n) is 2.32. The maximum atomic E-state index is 10.3. The second-order valence-electron chi connectivity index (χ2n) is 3.69. The zero-order valence-corrected chi connectivity index (χ0v) is 10.8. The molecular formula is C11H13ClN2O5. The lowest BCUT2D eigenvalue weighted by Gasteiger charge is -2.07. The average Bonchev–Trinajstić information content (AvgIpc) is 2.40. The predicted molar refractivity (Wildman–Crippen MR) is 64.9 cm³/mol. The number of carboxylic acids is 1. The molecule has 1 heterocycles. The van der Waals surface area contributed by atoms with Crippen molar-refractivity contribution in [1.82, 2.24) is 0 Å². The Morgan fingerprint density at radius 2 is 2.00 bits per heavy atom. The third-order valence-corrected chi connectivity index (χ3v) is 2.63. The molecule has 8 heteroatoms. The molecule has 0 aromatic heterocycles. The number of nitrogens with zero attached hydrogens (tertiary/aromatic N) is 1. The number of aromatic carboxylic acids is 1. The van der Waals surface area contributed by atoms with E-state index in [0.29, 0.717) is 0 Å². The Morgan fingerprint density at radius 1 is 1.37 bits per heavy atom. The van der Waals surface area contributed by atoms with Crippen molar-refractivity contribution in [3.05, 3.63) is 38.9 Å². The van der Waals surface area contributed by atoms with E-state index in [1.165, 1.54) is 0 Å². The van der Waals surface area contributed by atoms with Gasteiger partial charge in [-0.3, -0.25) is 10.1 Å². The van der Waals surface area contributed by atoms with Gasteiger partial charge in [0, 0.05) is 17.7 Å². The Balaban J connectivity index is 0.000000250. The van der Waals surface area contributed by atoms with Crippen LogP contribution in [0.15, 0.2) is 18.2 Å². The number of nitrogens with two attached hydrogens (primary N) is 1. The number of rotatable bonds is 2. The number of halogens is 1. The lowest BCUT2D eigenvalue weighted by molar-refractivity contribution is -0.670. The lowest BCUT2D eigenvalue weighted by atomic mass is 10.2. The normalized spacial score (nSPS) is 14.2. The highest BCUT2D eigenvalue weighted by Gasteiger charge is 2.09. The van der Waals surface area contributed by atoms with Gasteiger partial charge in [-0.1, -0.05) is 11.6 Å². The van der Waals surface area contributed by atoms with Crippen molar-refractivity contribution >= 4 is 23.3 Å². The van der Waals surface area contributed by atoms with Gasteiger partial charge in [-0.25, -0.2) is 0 Å². The van der Waals surface area contributed by atoms with Crippen LogP contribution in [0.3, 0.4) is 0 Å². The number of benzene rings is 1. The van der Waals surface area contributed by atoms with Crippen LogP contribution in [0.25, 0.3) is 0 Å². The number of hydrogen-bond donors (Lipinski definition) is 1. The van der Waals surface area contributed by atoms with E-state index in [9.17, 15) is 20.0 Å². The van der Waals surface area contributed by atoms with Gasteiger partial charge in [-0.2, -0.15) is 0 Å². The SMILES string of the molecule is C1COCC[NH2+]1.O=C([O-])c1ccc([N+](=O)[O-])cc1Cl. The van der Waals surface area contributed by atoms with Crippen LogP contribution in [0.4, 0.5) is 5.69 Å². The van der Waals surface area contributed by atoms with Gasteiger partial charge in [-0.15, -0.1) is 0 Å². The van der Waals surface area contributed by atoms with Gasteiger partial charge in [-0.05, 0) is 6.07 Å². The smallest absolute Gasteiger partial charge is 0.270 e. The summed E-state index contributed by atoms with van der Waals surface area (Å²) in [6, 6.07) is 3.06.